The molecular formula is C17H16BrN3O3. The normalized spacial score (nSPS) is 12.5. The minimum atomic E-state index is -0.270. The van der Waals surface area contributed by atoms with Gasteiger partial charge in [0, 0.05) is 35.4 Å². The highest BCUT2D eigenvalue weighted by atomic mass is 79.9. The highest BCUT2D eigenvalue weighted by molar-refractivity contribution is 9.10. The number of rotatable bonds is 4. The number of nitrogens with one attached hydrogen (secondary N) is 1. The van der Waals surface area contributed by atoms with Gasteiger partial charge in [-0.2, -0.15) is 5.10 Å². The molecule has 0 spiro atoms. The maximum atomic E-state index is 12.1. The van der Waals surface area contributed by atoms with Crippen molar-refractivity contribution in [1.82, 2.24) is 5.43 Å². The molecule has 1 N–H and O–H groups in total. The summed E-state index contributed by atoms with van der Waals surface area (Å²) in [6.45, 7) is 0.210. The van der Waals surface area contributed by atoms with Crippen LogP contribution in [-0.2, 0) is 0 Å². The smallest absolute Gasteiger partial charge is 0.271 e. The molecule has 1 aliphatic rings. The molecule has 0 radical (unpaired) electrons. The van der Waals surface area contributed by atoms with Crippen molar-refractivity contribution in [3.63, 3.8) is 0 Å². The van der Waals surface area contributed by atoms with Crippen LogP contribution in [0.15, 0.2) is 46.0 Å². The number of fused-ring (bicyclic) bond motifs is 1. The molecule has 1 amide bonds. The van der Waals surface area contributed by atoms with E-state index in [0.29, 0.717) is 17.1 Å². The van der Waals surface area contributed by atoms with E-state index >= 15 is 0 Å². The van der Waals surface area contributed by atoms with Crippen LogP contribution in [0.1, 0.15) is 15.9 Å². The average Bonchev–Trinajstić information content (AvgIpc) is 3.02. The van der Waals surface area contributed by atoms with E-state index in [9.17, 15) is 4.79 Å². The molecule has 1 aliphatic heterocycles. The summed E-state index contributed by atoms with van der Waals surface area (Å²) >= 11 is 3.44. The van der Waals surface area contributed by atoms with Gasteiger partial charge < -0.3 is 14.4 Å². The van der Waals surface area contributed by atoms with Crippen LogP contribution >= 0.6 is 15.9 Å². The fourth-order valence-corrected chi connectivity index (χ4v) is 2.59. The van der Waals surface area contributed by atoms with Gasteiger partial charge in [0.05, 0.1) is 6.21 Å². The molecule has 124 valence electrons. The van der Waals surface area contributed by atoms with Gasteiger partial charge in [-0.15, -0.1) is 0 Å². The van der Waals surface area contributed by atoms with Crippen LogP contribution in [0.5, 0.6) is 11.5 Å². The predicted octanol–water partition coefficient (Wildman–Crippen LogP) is 3.01. The minimum absolute atomic E-state index is 0.210. The third-order valence-electron chi connectivity index (χ3n) is 3.51. The van der Waals surface area contributed by atoms with Gasteiger partial charge in [-0.3, -0.25) is 4.79 Å². The Labute approximate surface area is 148 Å². The number of carbonyl (C=O) groups excluding carboxylic acids is 1. The lowest BCUT2D eigenvalue weighted by Crippen LogP contribution is -2.18. The van der Waals surface area contributed by atoms with Gasteiger partial charge in [0.15, 0.2) is 11.5 Å². The third kappa shape index (κ3) is 3.51. The van der Waals surface area contributed by atoms with Gasteiger partial charge in [-0.05, 0) is 52.3 Å². The Hall–Kier alpha value is -2.54. The maximum absolute atomic E-state index is 12.1. The summed E-state index contributed by atoms with van der Waals surface area (Å²) in [6.07, 6.45) is 1.55. The van der Waals surface area contributed by atoms with Crippen LogP contribution in [0.3, 0.4) is 0 Å². The molecule has 0 aliphatic carbocycles. The van der Waals surface area contributed by atoms with E-state index < -0.39 is 0 Å². The fourth-order valence-electron chi connectivity index (χ4n) is 2.17. The molecule has 0 unspecified atom stereocenters. The van der Waals surface area contributed by atoms with Crippen LogP contribution in [0.25, 0.3) is 0 Å². The minimum Gasteiger partial charge on any atom is -0.454 e. The second kappa shape index (κ2) is 6.92. The quantitative estimate of drug-likeness (QED) is 0.644. The molecule has 24 heavy (non-hydrogen) atoms. The number of carbonyl (C=O) groups is 1. The Morgan fingerprint density at radius 3 is 2.54 bits per heavy atom. The third-order valence-corrected chi connectivity index (χ3v) is 4.19. The van der Waals surface area contributed by atoms with E-state index in [1.54, 1.807) is 24.4 Å². The number of benzene rings is 2. The van der Waals surface area contributed by atoms with Crippen molar-refractivity contribution in [2.75, 3.05) is 25.8 Å². The summed E-state index contributed by atoms with van der Waals surface area (Å²) in [5.74, 6) is 1.07. The molecule has 7 heteroatoms. The maximum Gasteiger partial charge on any atom is 0.271 e. The molecule has 0 bridgehead atoms. The summed E-state index contributed by atoms with van der Waals surface area (Å²) in [7, 11) is 3.89. The summed E-state index contributed by atoms with van der Waals surface area (Å²) in [5, 5.41) is 4.00. The zero-order valence-corrected chi connectivity index (χ0v) is 14.8. The Bertz CT molecular complexity index is 788. The number of nitrogens with zero attached hydrogens (tertiary/aromatic N) is 2. The molecule has 3 rings (SSSR count). The van der Waals surface area contributed by atoms with Gasteiger partial charge in [0.1, 0.15) is 0 Å². The first kappa shape index (κ1) is 16.3. The summed E-state index contributed by atoms with van der Waals surface area (Å²) in [4.78, 5) is 14.1. The van der Waals surface area contributed by atoms with Crippen LogP contribution in [-0.4, -0.2) is 33.0 Å². The molecule has 6 nitrogen and oxygen atoms in total. The molecular weight excluding hydrogens is 374 g/mol. The Morgan fingerprint density at radius 1 is 1.21 bits per heavy atom. The van der Waals surface area contributed by atoms with Crippen molar-refractivity contribution in [3.8, 4) is 11.5 Å². The highest BCUT2D eigenvalue weighted by Gasteiger charge is 2.15. The van der Waals surface area contributed by atoms with Crippen molar-refractivity contribution in [3.05, 3.63) is 52.0 Å². The van der Waals surface area contributed by atoms with Crippen LogP contribution in [0.4, 0.5) is 5.69 Å². The number of anilines is 1. The molecule has 0 aromatic heterocycles. The Morgan fingerprint density at radius 2 is 1.88 bits per heavy atom. The summed E-state index contributed by atoms with van der Waals surface area (Å²) < 4.78 is 11.4. The zero-order chi connectivity index (χ0) is 17.1. The van der Waals surface area contributed by atoms with Gasteiger partial charge in [0.2, 0.25) is 6.79 Å². The molecule has 1 heterocycles. The van der Waals surface area contributed by atoms with E-state index in [-0.39, 0.29) is 12.7 Å². The number of amides is 1. The summed E-state index contributed by atoms with van der Waals surface area (Å²) in [5.41, 5.74) is 4.87. The second-order valence-electron chi connectivity index (χ2n) is 5.37. The van der Waals surface area contributed by atoms with Gasteiger partial charge in [-0.25, -0.2) is 5.43 Å². The number of hydrazone groups is 1. The van der Waals surface area contributed by atoms with Crippen LogP contribution in [0, 0.1) is 0 Å². The Balaban J connectivity index is 1.67. The molecule has 0 atom stereocenters. The molecule has 2 aromatic rings. The fraction of sp³-hybridized carbons (Fsp3) is 0.176. The van der Waals surface area contributed by atoms with E-state index in [1.165, 1.54) is 0 Å². The molecule has 0 saturated carbocycles. The zero-order valence-electron chi connectivity index (χ0n) is 13.2. The molecule has 2 aromatic carbocycles. The van der Waals surface area contributed by atoms with E-state index in [0.717, 1.165) is 15.7 Å². The number of hydrogen-bond acceptors (Lipinski definition) is 5. The lowest BCUT2D eigenvalue weighted by Gasteiger charge is -2.12. The van der Waals surface area contributed by atoms with Gasteiger partial charge in [0.25, 0.3) is 5.91 Å². The number of hydrogen-bond donors (Lipinski definition) is 1. The average molecular weight is 390 g/mol. The number of halogens is 1. The first-order valence-electron chi connectivity index (χ1n) is 7.24. The van der Waals surface area contributed by atoms with E-state index in [1.807, 2.05) is 37.2 Å². The highest BCUT2D eigenvalue weighted by Crippen LogP contribution is 2.36. The van der Waals surface area contributed by atoms with Crippen LogP contribution in [0.2, 0.25) is 0 Å². The topological polar surface area (TPSA) is 63.2 Å². The second-order valence-corrected chi connectivity index (χ2v) is 6.22. The first-order chi connectivity index (χ1) is 11.5. The van der Waals surface area contributed by atoms with Gasteiger partial charge in [-0.1, -0.05) is 0 Å². The molecule has 0 saturated heterocycles. The molecule has 0 fully saturated rings. The Kier molecular flexibility index (Phi) is 4.71. The van der Waals surface area contributed by atoms with Crippen molar-refractivity contribution in [2.24, 2.45) is 5.10 Å². The van der Waals surface area contributed by atoms with Crippen molar-refractivity contribution in [1.29, 1.82) is 0 Å². The van der Waals surface area contributed by atoms with E-state index in [2.05, 4.69) is 26.5 Å². The van der Waals surface area contributed by atoms with Crippen molar-refractivity contribution < 1.29 is 14.3 Å². The standard InChI is InChI=1S/C17H16BrN3O3/c1-21(2)13-5-3-11(4-6-13)17(22)20-19-9-12-7-15-16(8-14(12)18)24-10-23-15/h3-9H,10H2,1-2H3,(H,20,22)/b19-9+. The largest absolute Gasteiger partial charge is 0.454 e. The van der Waals surface area contributed by atoms with Crippen molar-refractivity contribution in [2.45, 2.75) is 0 Å². The lowest BCUT2D eigenvalue weighted by molar-refractivity contribution is 0.0955. The number of ether oxygens (including phenoxy) is 2. The first-order valence-corrected chi connectivity index (χ1v) is 8.04. The lowest BCUT2D eigenvalue weighted by atomic mass is 10.2. The van der Waals surface area contributed by atoms with E-state index in [4.69, 9.17) is 9.47 Å². The monoisotopic (exact) mass is 389 g/mol. The van der Waals surface area contributed by atoms with Crippen molar-refractivity contribution >= 4 is 33.7 Å². The summed E-state index contributed by atoms with van der Waals surface area (Å²) in [6, 6.07) is 10.9. The predicted molar refractivity (Wildman–Crippen MR) is 96.1 cm³/mol. The van der Waals surface area contributed by atoms with Crippen LogP contribution < -0.4 is 19.8 Å². The van der Waals surface area contributed by atoms with Gasteiger partial charge >= 0.3 is 0 Å². The SMILES string of the molecule is CN(C)c1ccc(C(=O)N/N=C/c2cc3c(cc2Br)OCO3)cc1.